The SMILES string of the molecule is c1ccc(CCN2CCN(c3ccc(N4CCCCC4)nn3)CC2)cc1. The van der Waals surface area contributed by atoms with Gasteiger partial charge in [0.1, 0.15) is 0 Å². The van der Waals surface area contributed by atoms with E-state index in [0.29, 0.717) is 0 Å². The van der Waals surface area contributed by atoms with Gasteiger partial charge in [0.25, 0.3) is 0 Å². The summed E-state index contributed by atoms with van der Waals surface area (Å²) in [5.74, 6) is 2.06. The van der Waals surface area contributed by atoms with Crippen molar-refractivity contribution in [2.75, 3.05) is 55.6 Å². The quantitative estimate of drug-likeness (QED) is 0.828. The van der Waals surface area contributed by atoms with Crippen LogP contribution in [0.1, 0.15) is 24.8 Å². The lowest BCUT2D eigenvalue weighted by Crippen LogP contribution is -2.47. The molecule has 5 heteroatoms. The van der Waals surface area contributed by atoms with Crippen molar-refractivity contribution in [2.45, 2.75) is 25.7 Å². The van der Waals surface area contributed by atoms with Gasteiger partial charge in [-0.2, -0.15) is 0 Å². The predicted molar refractivity (Wildman–Crippen MR) is 107 cm³/mol. The summed E-state index contributed by atoms with van der Waals surface area (Å²) in [7, 11) is 0. The molecule has 1 aromatic carbocycles. The molecule has 0 radical (unpaired) electrons. The predicted octanol–water partition coefficient (Wildman–Crippen LogP) is 2.83. The molecule has 0 spiro atoms. The second-order valence-electron chi connectivity index (χ2n) is 7.36. The van der Waals surface area contributed by atoms with Gasteiger partial charge in [-0.1, -0.05) is 30.3 Å². The Morgan fingerprint density at radius 3 is 1.88 bits per heavy atom. The molecule has 0 saturated carbocycles. The van der Waals surface area contributed by atoms with E-state index in [1.54, 1.807) is 0 Å². The Kier molecular flexibility index (Phi) is 5.65. The van der Waals surface area contributed by atoms with Gasteiger partial charge >= 0.3 is 0 Å². The molecule has 1 aromatic heterocycles. The zero-order chi connectivity index (χ0) is 17.6. The Hall–Kier alpha value is -2.14. The van der Waals surface area contributed by atoms with Crippen LogP contribution in [0.25, 0.3) is 0 Å². The van der Waals surface area contributed by atoms with Crippen LogP contribution >= 0.6 is 0 Å². The minimum Gasteiger partial charge on any atom is -0.355 e. The molecule has 2 aromatic rings. The minimum absolute atomic E-state index is 1.02. The third kappa shape index (κ3) is 4.33. The maximum absolute atomic E-state index is 4.51. The van der Waals surface area contributed by atoms with Crippen molar-refractivity contribution in [3.63, 3.8) is 0 Å². The largest absolute Gasteiger partial charge is 0.355 e. The van der Waals surface area contributed by atoms with Gasteiger partial charge in [0.15, 0.2) is 11.6 Å². The zero-order valence-corrected chi connectivity index (χ0v) is 15.6. The van der Waals surface area contributed by atoms with Crippen molar-refractivity contribution >= 4 is 11.6 Å². The molecule has 138 valence electrons. The van der Waals surface area contributed by atoms with Crippen LogP contribution in [0.3, 0.4) is 0 Å². The van der Waals surface area contributed by atoms with Gasteiger partial charge in [0.05, 0.1) is 0 Å². The third-order valence-corrected chi connectivity index (χ3v) is 5.57. The number of nitrogens with zero attached hydrogens (tertiary/aromatic N) is 5. The highest BCUT2D eigenvalue weighted by Gasteiger charge is 2.19. The van der Waals surface area contributed by atoms with E-state index >= 15 is 0 Å². The maximum Gasteiger partial charge on any atom is 0.151 e. The van der Waals surface area contributed by atoms with Crippen LogP contribution in [0.2, 0.25) is 0 Å². The van der Waals surface area contributed by atoms with Crippen LogP contribution in [0.15, 0.2) is 42.5 Å². The van der Waals surface area contributed by atoms with E-state index in [1.807, 2.05) is 0 Å². The first kappa shape index (κ1) is 17.3. The highest BCUT2D eigenvalue weighted by Crippen LogP contribution is 2.19. The lowest BCUT2D eigenvalue weighted by Gasteiger charge is -2.35. The number of hydrogen-bond donors (Lipinski definition) is 0. The Bertz CT molecular complexity index is 659. The minimum atomic E-state index is 1.02. The van der Waals surface area contributed by atoms with Gasteiger partial charge in [-0.05, 0) is 43.4 Å². The van der Waals surface area contributed by atoms with Gasteiger partial charge in [-0.25, -0.2) is 0 Å². The number of anilines is 2. The first-order chi connectivity index (χ1) is 12.9. The summed E-state index contributed by atoms with van der Waals surface area (Å²) in [5.41, 5.74) is 1.43. The van der Waals surface area contributed by atoms with Crippen molar-refractivity contribution in [3.8, 4) is 0 Å². The fourth-order valence-corrected chi connectivity index (χ4v) is 3.91. The van der Waals surface area contributed by atoms with Crippen molar-refractivity contribution in [3.05, 3.63) is 48.0 Å². The van der Waals surface area contributed by atoms with Crippen LogP contribution in [0.5, 0.6) is 0 Å². The van der Waals surface area contributed by atoms with Crippen molar-refractivity contribution < 1.29 is 0 Å². The highest BCUT2D eigenvalue weighted by molar-refractivity contribution is 5.45. The molecule has 0 N–H and O–H groups in total. The van der Waals surface area contributed by atoms with E-state index in [9.17, 15) is 0 Å². The van der Waals surface area contributed by atoms with Gasteiger partial charge in [-0.15, -0.1) is 10.2 Å². The Morgan fingerprint density at radius 2 is 1.27 bits per heavy atom. The summed E-state index contributed by atoms with van der Waals surface area (Å²) in [6, 6.07) is 15.1. The van der Waals surface area contributed by atoms with Crippen LogP contribution < -0.4 is 9.80 Å². The fourth-order valence-electron chi connectivity index (χ4n) is 3.91. The van der Waals surface area contributed by atoms with E-state index < -0.39 is 0 Å². The summed E-state index contributed by atoms with van der Waals surface area (Å²) >= 11 is 0. The van der Waals surface area contributed by atoms with E-state index in [4.69, 9.17) is 0 Å². The second kappa shape index (κ2) is 8.49. The first-order valence-corrected chi connectivity index (χ1v) is 9.98. The number of piperazine rings is 1. The van der Waals surface area contributed by atoms with Crippen LogP contribution in [0, 0.1) is 0 Å². The highest BCUT2D eigenvalue weighted by atomic mass is 15.3. The molecule has 2 saturated heterocycles. The average Bonchev–Trinajstić information content (AvgIpc) is 2.74. The number of piperidine rings is 1. The van der Waals surface area contributed by atoms with Gasteiger partial charge in [-0.3, -0.25) is 4.90 Å². The molecule has 0 aliphatic carbocycles. The molecular formula is C21H29N5. The Labute approximate surface area is 156 Å². The van der Waals surface area contributed by atoms with Crippen molar-refractivity contribution in [1.82, 2.24) is 15.1 Å². The molecule has 2 aliphatic heterocycles. The fraction of sp³-hybridized carbons (Fsp3) is 0.524. The molecule has 2 aliphatic rings. The van der Waals surface area contributed by atoms with E-state index in [1.165, 1.54) is 24.8 Å². The van der Waals surface area contributed by atoms with Crippen LogP contribution in [-0.4, -0.2) is 60.9 Å². The number of aromatic nitrogens is 2. The third-order valence-electron chi connectivity index (χ3n) is 5.57. The molecule has 0 atom stereocenters. The molecule has 3 heterocycles. The topological polar surface area (TPSA) is 35.5 Å². The molecule has 0 bridgehead atoms. The standard InChI is InChI=1S/C21H29N5/c1-3-7-19(8-4-1)11-14-24-15-17-26(18-16-24)21-10-9-20(22-23-21)25-12-5-2-6-13-25/h1,3-4,7-10H,2,5-6,11-18H2. The Morgan fingerprint density at radius 1 is 0.654 bits per heavy atom. The summed E-state index contributed by atoms with van der Waals surface area (Å²) < 4.78 is 0. The van der Waals surface area contributed by atoms with Gasteiger partial charge in [0.2, 0.25) is 0 Å². The summed E-state index contributed by atoms with van der Waals surface area (Å²) in [6.07, 6.45) is 5.02. The Balaban J connectivity index is 1.26. The van der Waals surface area contributed by atoms with Gasteiger partial charge in [0, 0.05) is 45.8 Å². The summed E-state index contributed by atoms with van der Waals surface area (Å²) in [6.45, 7) is 7.64. The number of benzene rings is 1. The second-order valence-corrected chi connectivity index (χ2v) is 7.36. The molecule has 26 heavy (non-hydrogen) atoms. The van der Waals surface area contributed by atoms with E-state index in [2.05, 4.69) is 67.4 Å². The molecule has 2 fully saturated rings. The lowest BCUT2D eigenvalue weighted by atomic mass is 10.1. The summed E-state index contributed by atoms with van der Waals surface area (Å²) in [4.78, 5) is 7.28. The molecule has 0 amide bonds. The normalized spacial score (nSPS) is 18.9. The lowest BCUT2D eigenvalue weighted by molar-refractivity contribution is 0.260. The number of hydrogen-bond acceptors (Lipinski definition) is 5. The first-order valence-electron chi connectivity index (χ1n) is 9.98. The molecule has 0 unspecified atom stereocenters. The van der Waals surface area contributed by atoms with Crippen LogP contribution in [0.4, 0.5) is 11.6 Å². The average molecular weight is 351 g/mol. The maximum atomic E-state index is 4.51. The van der Waals surface area contributed by atoms with Crippen LogP contribution in [-0.2, 0) is 6.42 Å². The van der Waals surface area contributed by atoms with Crippen molar-refractivity contribution in [2.24, 2.45) is 0 Å². The smallest absolute Gasteiger partial charge is 0.151 e. The summed E-state index contributed by atoms with van der Waals surface area (Å²) in [5, 5.41) is 9.01. The number of rotatable bonds is 5. The molecular weight excluding hydrogens is 322 g/mol. The zero-order valence-electron chi connectivity index (χ0n) is 15.6. The molecule has 5 nitrogen and oxygen atoms in total. The van der Waals surface area contributed by atoms with Gasteiger partial charge < -0.3 is 9.80 Å². The monoisotopic (exact) mass is 351 g/mol. The van der Waals surface area contributed by atoms with E-state index in [0.717, 1.165) is 63.9 Å². The van der Waals surface area contributed by atoms with E-state index in [-0.39, 0.29) is 0 Å². The molecule has 4 rings (SSSR count). The van der Waals surface area contributed by atoms with Crippen molar-refractivity contribution in [1.29, 1.82) is 0 Å².